The van der Waals surface area contributed by atoms with Crippen molar-refractivity contribution in [3.05, 3.63) is 54.1 Å². The minimum absolute atomic E-state index is 0.0726. The molecule has 0 bridgehead atoms. The van der Waals surface area contributed by atoms with Crippen LogP contribution in [0.4, 0.5) is 5.69 Å². The zero-order valence-corrected chi connectivity index (χ0v) is 17.5. The molecular weight excluding hydrogens is 370 g/mol. The van der Waals surface area contributed by atoms with Crippen molar-refractivity contribution in [1.29, 1.82) is 0 Å². The number of benzene rings is 1. The maximum absolute atomic E-state index is 13.0. The topological polar surface area (TPSA) is 63.9 Å². The van der Waals surface area contributed by atoms with Gasteiger partial charge in [-0.3, -0.25) is 9.48 Å². The van der Waals surface area contributed by atoms with Gasteiger partial charge < -0.3 is 4.90 Å². The first-order valence-electron chi connectivity index (χ1n) is 9.19. The first-order chi connectivity index (χ1) is 13.3. The molecule has 7 heteroatoms. The standard InChI is InChI=1S/C21H23N5OS/c1-13(28-20-14-11-24-26(5)19(14)22-12-23-20)17(27)10-18-21(2,3)15-8-6-7-9-16(15)25(18)4/h6-13H,1-5H3/b18-10+. The van der Waals surface area contributed by atoms with E-state index in [1.807, 2.05) is 33.2 Å². The third kappa shape index (κ3) is 2.90. The van der Waals surface area contributed by atoms with E-state index in [-0.39, 0.29) is 16.4 Å². The van der Waals surface area contributed by atoms with Gasteiger partial charge in [0.05, 0.1) is 16.8 Å². The highest BCUT2D eigenvalue weighted by Crippen LogP contribution is 2.46. The maximum atomic E-state index is 13.0. The van der Waals surface area contributed by atoms with Crippen LogP contribution >= 0.6 is 11.8 Å². The molecule has 4 rings (SSSR count). The molecule has 0 amide bonds. The van der Waals surface area contributed by atoms with E-state index in [4.69, 9.17) is 0 Å². The average Bonchev–Trinajstić information content (AvgIpc) is 3.14. The van der Waals surface area contributed by atoms with E-state index < -0.39 is 0 Å². The first kappa shape index (κ1) is 18.7. The van der Waals surface area contributed by atoms with Gasteiger partial charge in [-0.05, 0) is 18.6 Å². The van der Waals surface area contributed by atoms with Crippen LogP contribution in [0.1, 0.15) is 26.3 Å². The van der Waals surface area contributed by atoms with E-state index >= 15 is 0 Å². The van der Waals surface area contributed by atoms with Crippen molar-refractivity contribution in [2.75, 3.05) is 11.9 Å². The molecule has 3 heterocycles. The number of ketones is 1. The third-order valence-corrected chi connectivity index (χ3v) is 6.54. The van der Waals surface area contributed by atoms with E-state index in [2.05, 4.69) is 45.9 Å². The van der Waals surface area contributed by atoms with Gasteiger partial charge in [0.25, 0.3) is 0 Å². The summed E-state index contributed by atoms with van der Waals surface area (Å²) in [5.41, 5.74) is 3.96. The molecule has 0 saturated carbocycles. The number of hydrogen-bond acceptors (Lipinski definition) is 6. The van der Waals surface area contributed by atoms with Crippen LogP contribution in [0.2, 0.25) is 0 Å². The van der Waals surface area contributed by atoms with Crippen LogP contribution in [0, 0.1) is 0 Å². The van der Waals surface area contributed by atoms with Crippen LogP contribution in [0.15, 0.2) is 53.6 Å². The Balaban J connectivity index is 1.61. The second kappa shape index (κ2) is 6.74. The molecule has 28 heavy (non-hydrogen) atoms. The van der Waals surface area contributed by atoms with Crippen molar-refractivity contribution in [2.45, 2.75) is 36.5 Å². The molecule has 3 aromatic rings. The largest absolute Gasteiger partial charge is 0.347 e. The van der Waals surface area contributed by atoms with Crippen LogP contribution in [0.5, 0.6) is 0 Å². The maximum Gasteiger partial charge on any atom is 0.170 e. The van der Waals surface area contributed by atoms with E-state index in [0.717, 1.165) is 27.4 Å². The molecule has 1 aliphatic rings. The number of hydrogen-bond donors (Lipinski definition) is 0. The Labute approximate surface area is 168 Å². The molecular formula is C21H23N5OS. The van der Waals surface area contributed by atoms with Crippen molar-refractivity contribution in [3.63, 3.8) is 0 Å². The second-order valence-electron chi connectivity index (χ2n) is 7.58. The molecule has 0 spiro atoms. The molecule has 0 radical (unpaired) electrons. The molecule has 0 fully saturated rings. The van der Waals surface area contributed by atoms with E-state index in [1.54, 1.807) is 17.0 Å². The van der Waals surface area contributed by atoms with Gasteiger partial charge in [0, 0.05) is 37.0 Å². The van der Waals surface area contributed by atoms with Crippen LogP contribution in [-0.4, -0.2) is 37.8 Å². The molecule has 1 unspecified atom stereocenters. The number of nitrogens with zero attached hydrogens (tertiary/aromatic N) is 5. The van der Waals surface area contributed by atoms with Gasteiger partial charge in [0.15, 0.2) is 11.4 Å². The Morgan fingerprint density at radius 2 is 1.96 bits per heavy atom. The van der Waals surface area contributed by atoms with Gasteiger partial charge in [0.2, 0.25) is 0 Å². The molecule has 1 aromatic carbocycles. The Hall–Kier alpha value is -2.67. The smallest absolute Gasteiger partial charge is 0.170 e. The molecule has 0 aliphatic carbocycles. The van der Waals surface area contributed by atoms with Gasteiger partial charge in [-0.15, -0.1) is 0 Å². The first-order valence-corrected chi connectivity index (χ1v) is 10.1. The minimum atomic E-state index is -0.265. The van der Waals surface area contributed by atoms with Crippen molar-refractivity contribution < 1.29 is 4.79 Å². The number of aromatic nitrogens is 4. The highest BCUT2D eigenvalue weighted by molar-refractivity contribution is 8.00. The summed E-state index contributed by atoms with van der Waals surface area (Å²) in [5, 5.41) is 5.62. The summed E-state index contributed by atoms with van der Waals surface area (Å²) in [5.74, 6) is 0.0726. The monoisotopic (exact) mass is 393 g/mol. The van der Waals surface area contributed by atoms with E-state index in [0.29, 0.717) is 0 Å². The zero-order valence-electron chi connectivity index (χ0n) is 16.7. The number of thioether (sulfide) groups is 1. The Morgan fingerprint density at radius 1 is 1.21 bits per heavy atom. The lowest BCUT2D eigenvalue weighted by Crippen LogP contribution is -2.25. The third-order valence-electron chi connectivity index (χ3n) is 5.40. The number of carbonyl (C=O) groups is 1. The van der Waals surface area contributed by atoms with Gasteiger partial charge in [0.1, 0.15) is 11.4 Å². The number of fused-ring (bicyclic) bond motifs is 2. The number of anilines is 1. The van der Waals surface area contributed by atoms with Gasteiger partial charge >= 0.3 is 0 Å². The van der Waals surface area contributed by atoms with Crippen molar-refractivity contribution in [1.82, 2.24) is 19.7 Å². The van der Waals surface area contributed by atoms with Crippen LogP contribution < -0.4 is 4.90 Å². The summed E-state index contributed by atoms with van der Waals surface area (Å²) < 4.78 is 1.71. The fourth-order valence-corrected chi connectivity index (χ4v) is 4.67. The zero-order chi connectivity index (χ0) is 20.1. The summed E-state index contributed by atoms with van der Waals surface area (Å²) in [7, 11) is 3.87. The normalized spacial score (nSPS) is 17.9. The molecule has 6 nitrogen and oxygen atoms in total. The van der Waals surface area contributed by atoms with Crippen molar-refractivity contribution in [3.8, 4) is 0 Å². The van der Waals surface area contributed by atoms with Crippen molar-refractivity contribution in [2.24, 2.45) is 7.05 Å². The number of rotatable bonds is 4. The summed E-state index contributed by atoms with van der Waals surface area (Å²) in [6, 6.07) is 8.31. The average molecular weight is 394 g/mol. The molecule has 0 saturated heterocycles. The molecule has 2 aromatic heterocycles. The predicted octanol–water partition coefficient (Wildman–Crippen LogP) is 3.72. The highest BCUT2D eigenvalue weighted by Gasteiger charge is 2.38. The number of aryl methyl sites for hydroxylation is 1. The van der Waals surface area contributed by atoms with E-state index in [9.17, 15) is 4.79 Å². The van der Waals surface area contributed by atoms with Crippen LogP contribution in [-0.2, 0) is 17.3 Å². The van der Waals surface area contributed by atoms with Gasteiger partial charge in [-0.1, -0.05) is 43.8 Å². The summed E-state index contributed by atoms with van der Waals surface area (Å²) in [6.45, 7) is 6.25. The Morgan fingerprint density at radius 3 is 2.71 bits per heavy atom. The fourth-order valence-electron chi connectivity index (χ4n) is 3.77. The van der Waals surface area contributed by atoms with Crippen LogP contribution in [0.3, 0.4) is 0 Å². The second-order valence-corrected chi connectivity index (χ2v) is 8.91. The summed E-state index contributed by atoms with van der Waals surface area (Å²) in [4.78, 5) is 23.8. The Bertz CT molecular complexity index is 1100. The number of likely N-dealkylation sites (N-methyl/N-ethyl adjacent to an activating group) is 1. The minimum Gasteiger partial charge on any atom is -0.347 e. The molecule has 1 atom stereocenters. The van der Waals surface area contributed by atoms with E-state index in [1.165, 1.54) is 23.7 Å². The molecule has 1 aliphatic heterocycles. The van der Waals surface area contributed by atoms with Gasteiger partial charge in [-0.2, -0.15) is 5.10 Å². The highest BCUT2D eigenvalue weighted by atomic mass is 32.2. The van der Waals surface area contributed by atoms with Gasteiger partial charge in [-0.25, -0.2) is 9.97 Å². The number of carbonyl (C=O) groups excluding carboxylic acids is 1. The lowest BCUT2D eigenvalue weighted by atomic mass is 9.83. The van der Waals surface area contributed by atoms with Crippen molar-refractivity contribution >= 4 is 34.3 Å². The Kier molecular flexibility index (Phi) is 4.50. The quantitative estimate of drug-likeness (QED) is 0.382. The number of allylic oxidation sites excluding steroid dienone is 2. The number of para-hydroxylation sites is 1. The van der Waals surface area contributed by atoms with Crippen LogP contribution in [0.25, 0.3) is 11.0 Å². The predicted molar refractivity (Wildman–Crippen MR) is 113 cm³/mol. The molecule has 0 N–H and O–H groups in total. The molecule has 144 valence electrons. The SMILES string of the molecule is CC(Sc1ncnc2c1cnn2C)C(=O)/C=C1/N(C)c2ccccc2C1(C)C. The lowest BCUT2D eigenvalue weighted by molar-refractivity contribution is -0.113. The lowest BCUT2D eigenvalue weighted by Gasteiger charge is -2.24. The summed E-state index contributed by atoms with van der Waals surface area (Å²) >= 11 is 1.45. The fraction of sp³-hybridized carbons (Fsp3) is 0.333. The summed E-state index contributed by atoms with van der Waals surface area (Å²) in [6.07, 6.45) is 5.06.